The highest BCUT2D eigenvalue weighted by Gasteiger charge is 2.40. The Morgan fingerprint density at radius 2 is 1.75 bits per heavy atom. The number of nitrogens with two attached hydrogens (primary N) is 1. The van der Waals surface area contributed by atoms with Crippen molar-refractivity contribution < 1.29 is 29.1 Å². The Balaban J connectivity index is 0. The fraction of sp³-hybridized carbons (Fsp3) is 1.00. The Morgan fingerprint density at radius 3 is 2.06 bits per heavy atom. The Bertz CT molecular complexity index is 248. The Labute approximate surface area is 93.0 Å². The van der Waals surface area contributed by atoms with Crippen molar-refractivity contribution in [3.8, 4) is 0 Å². The zero-order chi connectivity index (χ0) is 10.9. The molecular formula is C6H20N3O6P. The molecule has 0 spiro atoms. The molecule has 0 bridgehead atoms. The predicted octanol–water partition coefficient (Wildman–Crippen LogP) is -1.51. The highest BCUT2D eigenvalue weighted by atomic mass is 31.2. The van der Waals surface area contributed by atoms with Gasteiger partial charge in [-0.3, -0.25) is 4.52 Å². The largest absolute Gasteiger partial charge is 0.469 e. The SMILES string of the molecule is N.N.N[C@@H]1C[C@H](COP(=O)(O)O)[C@@H](O)[C@H]1O. The van der Waals surface area contributed by atoms with E-state index in [0.29, 0.717) is 0 Å². The fourth-order valence-corrected chi connectivity index (χ4v) is 1.91. The van der Waals surface area contributed by atoms with Crippen molar-refractivity contribution in [1.82, 2.24) is 12.3 Å². The lowest BCUT2D eigenvalue weighted by Crippen LogP contribution is -2.36. The highest BCUT2D eigenvalue weighted by Crippen LogP contribution is 2.38. The van der Waals surface area contributed by atoms with Gasteiger partial charge in [-0.1, -0.05) is 0 Å². The van der Waals surface area contributed by atoms with Gasteiger partial charge >= 0.3 is 7.82 Å². The predicted molar refractivity (Wildman–Crippen MR) is 56.1 cm³/mol. The van der Waals surface area contributed by atoms with Crippen LogP contribution in [0, 0.1) is 5.92 Å². The summed E-state index contributed by atoms with van der Waals surface area (Å²) in [5.74, 6) is -0.535. The first-order valence-corrected chi connectivity index (χ1v) is 5.66. The molecule has 0 aromatic rings. The van der Waals surface area contributed by atoms with E-state index in [2.05, 4.69) is 4.52 Å². The van der Waals surface area contributed by atoms with Crippen molar-refractivity contribution in [2.45, 2.75) is 24.7 Å². The molecule has 0 radical (unpaired) electrons. The third-order valence-corrected chi connectivity index (χ3v) is 2.79. The van der Waals surface area contributed by atoms with E-state index in [9.17, 15) is 14.8 Å². The van der Waals surface area contributed by atoms with E-state index in [0.717, 1.165) is 0 Å². The first-order valence-electron chi connectivity index (χ1n) is 4.13. The van der Waals surface area contributed by atoms with E-state index >= 15 is 0 Å². The van der Waals surface area contributed by atoms with Gasteiger partial charge in [0.15, 0.2) is 0 Å². The lowest BCUT2D eigenvalue weighted by molar-refractivity contribution is 0.00285. The van der Waals surface area contributed by atoms with Crippen molar-refractivity contribution in [2.24, 2.45) is 11.7 Å². The molecule has 10 heteroatoms. The highest BCUT2D eigenvalue weighted by molar-refractivity contribution is 7.46. The minimum atomic E-state index is -4.52. The maximum absolute atomic E-state index is 10.4. The van der Waals surface area contributed by atoms with Gasteiger partial charge in [-0.25, -0.2) is 4.57 Å². The number of phosphoric acid groups is 1. The Hall–Kier alpha value is -0.0900. The van der Waals surface area contributed by atoms with Crippen molar-refractivity contribution in [3.05, 3.63) is 0 Å². The zero-order valence-electron chi connectivity index (χ0n) is 8.77. The molecule has 0 saturated heterocycles. The molecule has 9 nitrogen and oxygen atoms in total. The second kappa shape index (κ2) is 6.60. The standard InChI is InChI=1S/C6H14NO6P.2H3N/c7-4-1-3(5(8)6(4)9)2-13-14(10,11)12;;/h3-6,8-9H,1-2,7H2,(H2,10,11,12);2*1H3/t3-,4-,5-,6+;;/m1../s1. The van der Waals surface area contributed by atoms with Crippen molar-refractivity contribution in [2.75, 3.05) is 6.61 Å². The number of aliphatic hydroxyl groups is 2. The van der Waals surface area contributed by atoms with Crippen molar-refractivity contribution in [3.63, 3.8) is 0 Å². The van der Waals surface area contributed by atoms with E-state index in [1.807, 2.05) is 0 Å². The Morgan fingerprint density at radius 1 is 1.25 bits per heavy atom. The van der Waals surface area contributed by atoms with Crippen LogP contribution in [0.3, 0.4) is 0 Å². The molecule has 0 aromatic heterocycles. The molecule has 1 rings (SSSR count). The summed E-state index contributed by atoms with van der Waals surface area (Å²) in [5, 5.41) is 18.6. The van der Waals surface area contributed by atoms with Crippen LogP contribution in [0.5, 0.6) is 0 Å². The average molecular weight is 261 g/mol. The molecule has 16 heavy (non-hydrogen) atoms. The van der Waals surface area contributed by atoms with Crippen molar-refractivity contribution in [1.29, 1.82) is 0 Å². The summed E-state index contributed by atoms with van der Waals surface area (Å²) in [4.78, 5) is 16.8. The lowest BCUT2D eigenvalue weighted by Gasteiger charge is -2.16. The smallest absolute Gasteiger partial charge is 0.390 e. The minimum absolute atomic E-state index is 0. The maximum atomic E-state index is 10.4. The van der Waals surface area contributed by atoms with E-state index in [1.54, 1.807) is 0 Å². The molecule has 12 N–H and O–H groups in total. The molecule has 1 saturated carbocycles. The second-order valence-electron chi connectivity index (χ2n) is 3.43. The van der Waals surface area contributed by atoms with Crippen LogP contribution in [0.15, 0.2) is 0 Å². The van der Waals surface area contributed by atoms with E-state index < -0.39 is 32.0 Å². The van der Waals surface area contributed by atoms with Crippen molar-refractivity contribution >= 4 is 7.82 Å². The van der Waals surface area contributed by atoms with Gasteiger partial charge in [-0.2, -0.15) is 0 Å². The minimum Gasteiger partial charge on any atom is -0.390 e. The first kappa shape index (κ1) is 18.3. The van der Waals surface area contributed by atoms with Crippen LogP contribution >= 0.6 is 7.82 Å². The third-order valence-electron chi connectivity index (χ3n) is 2.30. The van der Waals surface area contributed by atoms with E-state index in [1.165, 1.54) is 0 Å². The number of rotatable bonds is 3. The normalized spacial score (nSPS) is 34.1. The van der Waals surface area contributed by atoms with Crippen LogP contribution in [-0.4, -0.2) is 44.9 Å². The van der Waals surface area contributed by atoms with Gasteiger partial charge in [0.25, 0.3) is 0 Å². The van der Waals surface area contributed by atoms with Gasteiger partial charge in [0, 0.05) is 12.0 Å². The summed E-state index contributed by atoms with van der Waals surface area (Å²) in [6, 6.07) is -0.574. The average Bonchev–Trinajstić information content (AvgIpc) is 2.28. The monoisotopic (exact) mass is 261 g/mol. The van der Waals surface area contributed by atoms with Gasteiger partial charge in [0.2, 0.25) is 0 Å². The van der Waals surface area contributed by atoms with Gasteiger partial charge < -0.3 is 38.0 Å². The molecule has 0 amide bonds. The first-order chi connectivity index (χ1) is 6.31. The lowest BCUT2D eigenvalue weighted by atomic mass is 10.1. The van der Waals surface area contributed by atoms with Crippen LogP contribution in [0.1, 0.15) is 6.42 Å². The summed E-state index contributed by atoms with van der Waals surface area (Å²) < 4.78 is 14.6. The molecule has 100 valence electrons. The molecule has 0 aromatic carbocycles. The maximum Gasteiger partial charge on any atom is 0.469 e. The summed E-state index contributed by atoms with van der Waals surface area (Å²) in [5.41, 5.74) is 5.44. The van der Waals surface area contributed by atoms with Crippen LogP contribution in [0.2, 0.25) is 0 Å². The van der Waals surface area contributed by atoms with Crippen LogP contribution in [0.4, 0.5) is 0 Å². The fourth-order valence-electron chi connectivity index (χ4n) is 1.52. The van der Waals surface area contributed by atoms with Crippen LogP contribution < -0.4 is 18.0 Å². The van der Waals surface area contributed by atoms with E-state index in [4.69, 9.17) is 15.5 Å². The molecule has 0 heterocycles. The third kappa shape index (κ3) is 4.83. The van der Waals surface area contributed by atoms with Gasteiger partial charge in [0.05, 0.1) is 18.8 Å². The van der Waals surface area contributed by atoms with Gasteiger partial charge in [0.1, 0.15) is 0 Å². The number of hydrogen-bond donors (Lipinski definition) is 7. The quantitative estimate of drug-likeness (QED) is 0.294. The summed E-state index contributed by atoms with van der Waals surface area (Å²) in [7, 11) is -4.52. The molecular weight excluding hydrogens is 241 g/mol. The Kier molecular flexibility index (Phi) is 7.54. The summed E-state index contributed by atoms with van der Waals surface area (Å²) >= 11 is 0. The topological polar surface area (TPSA) is 203 Å². The van der Waals surface area contributed by atoms with Gasteiger partial charge in [-0.05, 0) is 6.42 Å². The second-order valence-corrected chi connectivity index (χ2v) is 4.67. The zero-order valence-corrected chi connectivity index (χ0v) is 9.66. The number of phosphoric ester groups is 1. The summed E-state index contributed by atoms with van der Waals surface area (Å²) in [6.07, 6.45) is -1.86. The molecule has 1 aliphatic rings. The van der Waals surface area contributed by atoms with E-state index in [-0.39, 0.29) is 25.3 Å². The molecule has 1 fully saturated rings. The molecule has 4 atom stereocenters. The number of aliphatic hydroxyl groups excluding tert-OH is 2. The summed E-state index contributed by atoms with van der Waals surface area (Å²) in [6.45, 7) is -0.309. The van der Waals surface area contributed by atoms with Crippen LogP contribution in [-0.2, 0) is 9.09 Å². The van der Waals surface area contributed by atoms with Gasteiger partial charge in [-0.15, -0.1) is 0 Å². The molecule has 0 aliphatic heterocycles. The number of hydrogen-bond acceptors (Lipinski definition) is 7. The van der Waals surface area contributed by atoms with Crippen LogP contribution in [0.25, 0.3) is 0 Å². The molecule has 0 unspecified atom stereocenters. The molecule has 1 aliphatic carbocycles.